The van der Waals surface area contributed by atoms with Crippen molar-refractivity contribution in [3.8, 4) is 0 Å². The number of rotatable bonds is 26. The summed E-state index contributed by atoms with van der Waals surface area (Å²) < 4.78 is 25.7. The van der Waals surface area contributed by atoms with E-state index in [1.165, 1.54) is 103 Å². The maximum atomic E-state index is 11.5. The number of phosphoric acid groups is 1. The van der Waals surface area contributed by atoms with Crippen LogP contribution in [-0.4, -0.2) is 31.3 Å². The molecule has 7 heteroatoms. The first-order valence-corrected chi connectivity index (χ1v) is 14.5. The molecule has 0 bridgehead atoms. The van der Waals surface area contributed by atoms with Crippen molar-refractivity contribution in [1.29, 1.82) is 0 Å². The van der Waals surface area contributed by atoms with E-state index >= 15 is 0 Å². The molecule has 31 heavy (non-hydrogen) atoms. The van der Waals surface area contributed by atoms with Gasteiger partial charge in [-0.3, -0.25) is 4.52 Å². The van der Waals surface area contributed by atoms with Crippen LogP contribution in [0.25, 0.3) is 0 Å². The second-order valence-corrected chi connectivity index (χ2v) is 9.75. The van der Waals surface area contributed by atoms with Gasteiger partial charge in [-0.15, -0.1) is 4.67 Å². The van der Waals surface area contributed by atoms with Gasteiger partial charge in [0.2, 0.25) is 0 Å². The van der Waals surface area contributed by atoms with Crippen molar-refractivity contribution >= 4 is 7.82 Å². The molecule has 0 saturated heterocycles. The van der Waals surface area contributed by atoms with E-state index in [0.29, 0.717) is 13.2 Å². The summed E-state index contributed by atoms with van der Waals surface area (Å²) >= 11 is 0. The highest BCUT2D eigenvalue weighted by Gasteiger charge is 2.22. The fraction of sp³-hybridized carbons (Fsp3) is 1.00. The quantitative estimate of drug-likeness (QED) is 0.0600. The highest BCUT2D eigenvalue weighted by atomic mass is 31.2. The van der Waals surface area contributed by atoms with Crippen LogP contribution in [0.3, 0.4) is 0 Å². The molecule has 0 saturated carbocycles. The molecule has 0 aliphatic rings. The topological polar surface area (TPSA) is 74.2 Å². The third-order valence-electron chi connectivity index (χ3n) is 5.41. The second-order valence-electron chi connectivity index (χ2n) is 8.41. The minimum atomic E-state index is -4.13. The number of phosphoric ester groups is 1. The van der Waals surface area contributed by atoms with Gasteiger partial charge in [0.05, 0.1) is 19.8 Å². The maximum absolute atomic E-state index is 11.5. The van der Waals surface area contributed by atoms with Gasteiger partial charge in [-0.05, 0) is 13.3 Å². The first kappa shape index (κ1) is 31.0. The molecule has 6 nitrogen and oxygen atoms in total. The highest BCUT2D eigenvalue weighted by Crippen LogP contribution is 2.43. The van der Waals surface area contributed by atoms with Crippen LogP contribution >= 0.6 is 7.82 Å². The Morgan fingerprint density at radius 3 is 1.42 bits per heavy atom. The van der Waals surface area contributed by atoms with E-state index in [4.69, 9.17) is 14.1 Å². The largest absolute Gasteiger partial charge is 0.499 e. The Morgan fingerprint density at radius 2 is 1.00 bits per heavy atom. The Morgan fingerprint density at radius 1 is 0.581 bits per heavy atom. The van der Waals surface area contributed by atoms with E-state index in [0.717, 1.165) is 12.8 Å². The lowest BCUT2D eigenvalue weighted by atomic mass is 10.0. The van der Waals surface area contributed by atoms with Crippen molar-refractivity contribution < 1.29 is 28.3 Å². The van der Waals surface area contributed by atoms with Crippen LogP contribution in [0.4, 0.5) is 0 Å². The van der Waals surface area contributed by atoms with Gasteiger partial charge in [0.15, 0.2) is 0 Å². The van der Waals surface area contributed by atoms with E-state index in [9.17, 15) is 9.46 Å². The molecule has 188 valence electrons. The zero-order chi connectivity index (χ0) is 22.9. The van der Waals surface area contributed by atoms with E-state index in [1.807, 2.05) is 6.92 Å². The van der Waals surface area contributed by atoms with Crippen molar-refractivity contribution in [2.24, 2.45) is 0 Å². The van der Waals surface area contributed by atoms with Gasteiger partial charge >= 0.3 is 7.82 Å². The lowest BCUT2D eigenvalue weighted by Crippen LogP contribution is -2.05. The fourth-order valence-corrected chi connectivity index (χ4v) is 4.10. The minimum Gasteiger partial charge on any atom is -0.379 e. The first-order valence-electron chi connectivity index (χ1n) is 13.0. The van der Waals surface area contributed by atoms with Crippen LogP contribution in [0.5, 0.6) is 0 Å². The molecule has 1 N–H and O–H groups in total. The van der Waals surface area contributed by atoms with Gasteiger partial charge in [0.25, 0.3) is 0 Å². The number of unbranched alkanes of at least 4 members (excludes halogenated alkanes) is 17. The zero-order valence-electron chi connectivity index (χ0n) is 20.5. The average molecular weight is 467 g/mol. The van der Waals surface area contributed by atoms with Crippen LogP contribution in [0.15, 0.2) is 0 Å². The molecule has 0 aliphatic carbocycles. The van der Waals surface area contributed by atoms with Crippen LogP contribution < -0.4 is 0 Å². The van der Waals surface area contributed by atoms with Crippen molar-refractivity contribution in [1.82, 2.24) is 0 Å². The Hall–Kier alpha value is 0.0300. The standard InChI is InChI=1S/C24H51O6P/c1-3-5-6-7-8-9-10-11-12-13-14-15-16-17-18-19-20-21-22-28-30-31(25,26)29-24-23-27-4-2/h3-24H2,1-2H3,(H,25,26). The molecule has 0 aromatic carbocycles. The van der Waals surface area contributed by atoms with Crippen molar-refractivity contribution in [3.63, 3.8) is 0 Å². The maximum Gasteiger partial charge on any atom is 0.499 e. The van der Waals surface area contributed by atoms with E-state index in [2.05, 4.69) is 11.6 Å². The molecule has 0 rings (SSSR count). The average Bonchev–Trinajstić information content (AvgIpc) is 2.75. The molecule has 1 atom stereocenters. The molecule has 0 radical (unpaired) electrons. The third-order valence-corrected chi connectivity index (χ3v) is 6.22. The van der Waals surface area contributed by atoms with E-state index in [-0.39, 0.29) is 13.2 Å². The van der Waals surface area contributed by atoms with Crippen LogP contribution in [-0.2, 0) is 23.4 Å². The van der Waals surface area contributed by atoms with Gasteiger partial charge < -0.3 is 9.63 Å². The van der Waals surface area contributed by atoms with E-state index in [1.54, 1.807) is 0 Å². The highest BCUT2D eigenvalue weighted by molar-refractivity contribution is 7.47. The molecule has 0 aromatic rings. The second kappa shape index (κ2) is 24.7. The van der Waals surface area contributed by atoms with Crippen LogP contribution in [0.1, 0.15) is 129 Å². The molecule has 1 unspecified atom stereocenters. The number of hydrogen-bond donors (Lipinski definition) is 1. The molecular formula is C24H51O6P. The summed E-state index contributed by atoms with van der Waals surface area (Å²) in [5, 5.41) is 0. The van der Waals surface area contributed by atoms with Crippen molar-refractivity contribution in [2.45, 2.75) is 129 Å². The molecule has 0 fully saturated rings. The summed E-state index contributed by atoms with van der Waals surface area (Å²) in [5.74, 6) is 0. The van der Waals surface area contributed by atoms with Crippen molar-refractivity contribution in [2.75, 3.05) is 26.4 Å². The smallest absolute Gasteiger partial charge is 0.379 e. The minimum absolute atomic E-state index is 0.00414. The Balaban J connectivity index is 3.17. The third kappa shape index (κ3) is 26.2. The van der Waals surface area contributed by atoms with Gasteiger partial charge in [0.1, 0.15) is 0 Å². The van der Waals surface area contributed by atoms with Gasteiger partial charge in [-0.2, -0.15) is 0 Å². The van der Waals surface area contributed by atoms with Gasteiger partial charge in [-0.25, -0.2) is 9.45 Å². The molecule has 0 amide bonds. The Bertz CT molecular complexity index is 394. The lowest BCUT2D eigenvalue weighted by molar-refractivity contribution is -0.225. The SMILES string of the molecule is CCCCCCCCCCCCCCCCCCCCOOP(=O)(O)OCCOCC. The molecule has 0 aliphatic heterocycles. The molecular weight excluding hydrogens is 415 g/mol. The molecule has 0 spiro atoms. The van der Waals surface area contributed by atoms with Crippen molar-refractivity contribution in [3.05, 3.63) is 0 Å². The van der Waals surface area contributed by atoms with Crippen LogP contribution in [0.2, 0.25) is 0 Å². The van der Waals surface area contributed by atoms with Gasteiger partial charge in [0, 0.05) is 6.61 Å². The summed E-state index contributed by atoms with van der Waals surface area (Å²) in [7, 11) is -4.13. The van der Waals surface area contributed by atoms with Gasteiger partial charge in [-0.1, -0.05) is 116 Å². The summed E-state index contributed by atoms with van der Waals surface area (Å²) in [4.78, 5) is 14.2. The summed E-state index contributed by atoms with van der Waals surface area (Å²) in [6.45, 7) is 5.22. The lowest BCUT2D eigenvalue weighted by Gasteiger charge is -2.10. The number of hydrogen-bond acceptors (Lipinski definition) is 5. The molecule has 0 heterocycles. The summed E-state index contributed by atoms with van der Waals surface area (Å²) in [5.41, 5.74) is 0. The molecule has 0 aromatic heterocycles. The fourth-order valence-electron chi connectivity index (χ4n) is 3.54. The predicted octanol–water partition coefficient (Wildman–Crippen LogP) is 8.13. The zero-order valence-corrected chi connectivity index (χ0v) is 21.4. The normalized spacial score (nSPS) is 13.5. The predicted molar refractivity (Wildman–Crippen MR) is 128 cm³/mol. The Labute approximate surface area is 192 Å². The van der Waals surface area contributed by atoms with Crippen LogP contribution in [0, 0.1) is 0 Å². The first-order chi connectivity index (χ1) is 15.1. The summed E-state index contributed by atoms with van der Waals surface area (Å²) in [6, 6.07) is 0. The monoisotopic (exact) mass is 466 g/mol. The summed E-state index contributed by atoms with van der Waals surface area (Å²) in [6.07, 6.45) is 23.8. The Kier molecular flexibility index (Phi) is 24.7. The van der Waals surface area contributed by atoms with E-state index < -0.39 is 7.82 Å². The number of ether oxygens (including phenoxy) is 1.